The number of hydrogen-bond acceptors (Lipinski definition) is 4. The minimum atomic E-state index is 0.572. The lowest BCUT2D eigenvalue weighted by atomic mass is 10.1. The SMILES string of the molecule is CC(CNC1CCN(c2ccc(N)cc2)C1)Cn1ccnc1. The van der Waals surface area contributed by atoms with Crippen LogP contribution in [0.4, 0.5) is 11.4 Å². The molecule has 1 aliphatic rings. The molecule has 1 aromatic carbocycles. The average Bonchev–Trinajstić information content (AvgIpc) is 3.17. The monoisotopic (exact) mass is 299 g/mol. The fourth-order valence-corrected chi connectivity index (χ4v) is 3.03. The molecule has 118 valence electrons. The standard InChI is InChI=1S/C17H25N5/c1-14(11-21-9-7-19-13-21)10-20-16-6-8-22(12-16)17-4-2-15(18)3-5-17/h2-5,7,9,13-14,16,20H,6,8,10-12,18H2,1H3. The van der Waals surface area contributed by atoms with E-state index < -0.39 is 0 Å². The molecule has 22 heavy (non-hydrogen) atoms. The summed E-state index contributed by atoms with van der Waals surface area (Å²) in [5, 5.41) is 3.70. The molecule has 3 N–H and O–H groups in total. The lowest BCUT2D eigenvalue weighted by molar-refractivity contribution is 0.416. The van der Waals surface area contributed by atoms with Gasteiger partial charge in [0, 0.05) is 49.4 Å². The van der Waals surface area contributed by atoms with E-state index in [9.17, 15) is 0 Å². The summed E-state index contributed by atoms with van der Waals surface area (Å²) in [7, 11) is 0. The number of aromatic nitrogens is 2. The molecular weight excluding hydrogens is 274 g/mol. The van der Waals surface area contributed by atoms with Crippen molar-refractivity contribution in [3.63, 3.8) is 0 Å². The van der Waals surface area contributed by atoms with E-state index in [1.165, 1.54) is 12.1 Å². The first-order valence-electron chi connectivity index (χ1n) is 8.00. The molecule has 2 unspecified atom stereocenters. The Bertz CT molecular complexity index is 563. The van der Waals surface area contributed by atoms with Crippen molar-refractivity contribution < 1.29 is 0 Å². The van der Waals surface area contributed by atoms with Crippen LogP contribution in [0.1, 0.15) is 13.3 Å². The van der Waals surface area contributed by atoms with Crippen LogP contribution < -0.4 is 16.0 Å². The maximum atomic E-state index is 5.75. The summed E-state index contributed by atoms with van der Waals surface area (Å²) in [5.74, 6) is 0.597. The van der Waals surface area contributed by atoms with Crippen LogP contribution in [0.3, 0.4) is 0 Å². The Morgan fingerprint density at radius 3 is 2.91 bits per heavy atom. The molecule has 1 saturated heterocycles. The molecule has 2 heterocycles. The fraction of sp³-hybridized carbons (Fsp3) is 0.471. The average molecular weight is 299 g/mol. The molecule has 0 bridgehead atoms. The topological polar surface area (TPSA) is 59.1 Å². The van der Waals surface area contributed by atoms with Gasteiger partial charge in [0.15, 0.2) is 0 Å². The summed E-state index contributed by atoms with van der Waals surface area (Å²) in [5.41, 5.74) is 7.85. The molecular formula is C17H25N5. The maximum Gasteiger partial charge on any atom is 0.0946 e. The Hall–Kier alpha value is -2.01. The first-order valence-corrected chi connectivity index (χ1v) is 8.00. The zero-order chi connectivity index (χ0) is 15.4. The first-order chi connectivity index (χ1) is 10.7. The zero-order valence-electron chi connectivity index (χ0n) is 13.2. The highest BCUT2D eigenvalue weighted by Crippen LogP contribution is 2.21. The number of nitrogens with zero attached hydrogens (tertiary/aromatic N) is 3. The van der Waals surface area contributed by atoms with Gasteiger partial charge in [0.2, 0.25) is 0 Å². The number of nitrogens with one attached hydrogen (secondary N) is 1. The Kier molecular flexibility index (Phi) is 4.63. The van der Waals surface area contributed by atoms with Gasteiger partial charge in [0.05, 0.1) is 6.33 Å². The van der Waals surface area contributed by atoms with Gasteiger partial charge < -0.3 is 20.5 Å². The Labute approximate surface area is 132 Å². The minimum Gasteiger partial charge on any atom is -0.399 e. The van der Waals surface area contributed by atoms with Crippen LogP contribution in [0.15, 0.2) is 43.0 Å². The van der Waals surface area contributed by atoms with E-state index in [2.05, 4.69) is 38.8 Å². The lowest BCUT2D eigenvalue weighted by Crippen LogP contribution is -2.36. The van der Waals surface area contributed by atoms with E-state index >= 15 is 0 Å². The summed E-state index contributed by atoms with van der Waals surface area (Å²) in [6.45, 7) is 6.51. The molecule has 0 aliphatic carbocycles. The molecule has 0 amide bonds. The summed E-state index contributed by atoms with van der Waals surface area (Å²) >= 11 is 0. The predicted octanol–water partition coefficient (Wildman–Crippen LogP) is 1.97. The van der Waals surface area contributed by atoms with Crippen LogP contribution in [0.5, 0.6) is 0 Å². The van der Waals surface area contributed by atoms with E-state index in [4.69, 9.17) is 5.73 Å². The third kappa shape index (κ3) is 3.80. The largest absolute Gasteiger partial charge is 0.399 e. The third-order valence-electron chi connectivity index (χ3n) is 4.28. The van der Waals surface area contributed by atoms with Gasteiger partial charge in [-0.2, -0.15) is 0 Å². The molecule has 3 rings (SSSR count). The number of rotatable bonds is 6. The van der Waals surface area contributed by atoms with Gasteiger partial charge in [-0.1, -0.05) is 6.92 Å². The second-order valence-corrected chi connectivity index (χ2v) is 6.30. The van der Waals surface area contributed by atoms with Crippen molar-refractivity contribution in [2.45, 2.75) is 25.9 Å². The molecule has 1 aliphatic heterocycles. The van der Waals surface area contributed by atoms with Crippen LogP contribution >= 0.6 is 0 Å². The highest BCUT2D eigenvalue weighted by molar-refractivity contribution is 5.53. The van der Waals surface area contributed by atoms with Crippen LogP contribution in [0.2, 0.25) is 0 Å². The Morgan fingerprint density at radius 2 is 2.18 bits per heavy atom. The smallest absolute Gasteiger partial charge is 0.0946 e. The fourth-order valence-electron chi connectivity index (χ4n) is 3.03. The zero-order valence-corrected chi connectivity index (χ0v) is 13.2. The second-order valence-electron chi connectivity index (χ2n) is 6.30. The van der Waals surface area contributed by atoms with Gasteiger partial charge in [0.25, 0.3) is 0 Å². The summed E-state index contributed by atoms with van der Waals surface area (Å²) in [6, 6.07) is 8.74. The highest BCUT2D eigenvalue weighted by atomic mass is 15.2. The maximum absolute atomic E-state index is 5.75. The van der Waals surface area contributed by atoms with Crippen molar-refractivity contribution >= 4 is 11.4 Å². The number of benzene rings is 1. The minimum absolute atomic E-state index is 0.572. The predicted molar refractivity (Wildman–Crippen MR) is 90.9 cm³/mol. The van der Waals surface area contributed by atoms with Gasteiger partial charge in [-0.25, -0.2) is 4.98 Å². The van der Waals surface area contributed by atoms with Crippen molar-refractivity contribution in [2.24, 2.45) is 5.92 Å². The number of nitrogen functional groups attached to an aromatic ring is 1. The quantitative estimate of drug-likeness (QED) is 0.801. The van der Waals surface area contributed by atoms with Gasteiger partial charge in [0.1, 0.15) is 0 Å². The van der Waals surface area contributed by atoms with E-state index in [0.717, 1.165) is 31.9 Å². The molecule has 0 radical (unpaired) electrons. The summed E-state index contributed by atoms with van der Waals surface area (Å²) in [6.07, 6.45) is 6.94. The normalized spacial score (nSPS) is 19.5. The van der Waals surface area contributed by atoms with Crippen LogP contribution in [0.25, 0.3) is 0 Å². The second kappa shape index (κ2) is 6.83. The van der Waals surface area contributed by atoms with Gasteiger partial charge in [-0.05, 0) is 43.1 Å². The molecule has 2 aromatic rings. The molecule has 5 nitrogen and oxygen atoms in total. The Morgan fingerprint density at radius 1 is 1.36 bits per heavy atom. The molecule has 2 atom stereocenters. The van der Waals surface area contributed by atoms with E-state index in [-0.39, 0.29) is 0 Å². The van der Waals surface area contributed by atoms with Crippen molar-refractivity contribution in [2.75, 3.05) is 30.3 Å². The van der Waals surface area contributed by atoms with Gasteiger partial charge in [-0.3, -0.25) is 0 Å². The summed E-state index contributed by atoms with van der Waals surface area (Å²) in [4.78, 5) is 6.52. The Balaban J connectivity index is 1.44. The van der Waals surface area contributed by atoms with E-state index in [1.807, 2.05) is 30.9 Å². The molecule has 0 spiro atoms. The van der Waals surface area contributed by atoms with Crippen LogP contribution in [0, 0.1) is 5.92 Å². The first kappa shape index (κ1) is 14.9. The van der Waals surface area contributed by atoms with Crippen LogP contribution in [-0.2, 0) is 6.54 Å². The van der Waals surface area contributed by atoms with Crippen molar-refractivity contribution in [3.8, 4) is 0 Å². The van der Waals surface area contributed by atoms with Crippen molar-refractivity contribution in [1.82, 2.24) is 14.9 Å². The molecule has 5 heteroatoms. The molecule has 1 fully saturated rings. The van der Waals surface area contributed by atoms with Gasteiger partial charge >= 0.3 is 0 Å². The molecule has 0 saturated carbocycles. The van der Waals surface area contributed by atoms with E-state index in [0.29, 0.717) is 12.0 Å². The number of nitrogens with two attached hydrogens (primary N) is 1. The van der Waals surface area contributed by atoms with Crippen molar-refractivity contribution in [3.05, 3.63) is 43.0 Å². The molecule has 1 aromatic heterocycles. The number of hydrogen-bond donors (Lipinski definition) is 2. The third-order valence-corrected chi connectivity index (χ3v) is 4.28. The summed E-state index contributed by atoms with van der Waals surface area (Å²) < 4.78 is 2.14. The van der Waals surface area contributed by atoms with Gasteiger partial charge in [-0.15, -0.1) is 0 Å². The van der Waals surface area contributed by atoms with Crippen LogP contribution in [-0.4, -0.2) is 35.2 Å². The lowest BCUT2D eigenvalue weighted by Gasteiger charge is -2.20. The van der Waals surface area contributed by atoms with E-state index in [1.54, 1.807) is 0 Å². The number of anilines is 2. The highest BCUT2D eigenvalue weighted by Gasteiger charge is 2.22. The number of imidazole rings is 1. The van der Waals surface area contributed by atoms with Crippen molar-refractivity contribution in [1.29, 1.82) is 0 Å².